The highest BCUT2D eigenvalue weighted by Gasteiger charge is 2.26. The van der Waals surface area contributed by atoms with Gasteiger partial charge in [0.1, 0.15) is 35.2 Å². The van der Waals surface area contributed by atoms with E-state index in [0.29, 0.717) is 53.9 Å². The van der Waals surface area contributed by atoms with Crippen LogP contribution in [0.5, 0.6) is 11.5 Å². The molecule has 0 radical (unpaired) electrons. The molecule has 0 atom stereocenters. The minimum absolute atomic E-state index is 0.0381. The van der Waals surface area contributed by atoms with Gasteiger partial charge >= 0.3 is 0 Å². The molecule has 0 aliphatic heterocycles. The maximum Gasteiger partial charge on any atom is 0.262 e. The van der Waals surface area contributed by atoms with Crippen molar-refractivity contribution in [3.8, 4) is 22.8 Å². The molecule has 1 fully saturated rings. The molecule has 2 heterocycles. The number of aromatic nitrogens is 4. The van der Waals surface area contributed by atoms with Crippen molar-refractivity contribution < 1.29 is 18.7 Å². The van der Waals surface area contributed by atoms with Crippen molar-refractivity contribution in [2.75, 3.05) is 5.73 Å². The molecule has 1 aliphatic rings. The number of anilines is 1. The number of hydrogen-bond donors (Lipinski definition) is 3. The molecule has 10 nitrogen and oxygen atoms in total. The molecule has 2 amide bonds. The lowest BCUT2D eigenvalue weighted by atomic mass is 9.90. The number of nitrogens with two attached hydrogens (primary N) is 1. The van der Waals surface area contributed by atoms with Gasteiger partial charge < -0.3 is 10.5 Å². The number of nitrogen functional groups attached to an aromatic ring is 1. The highest BCUT2D eigenvalue weighted by atomic mass is 19.1. The molecule has 0 saturated heterocycles. The van der Waals surface area contributed by atoms with Crippen molar-refractivity contribution in [2.45, 2.75) is 38.6 Å². The summed E-state index contributed by atoms with van der Waals surface area (Å²) < 4.78 is 22.9. The summed E-state index contributed by atoms with van der Waals surface area (Å²) in [6, 6.07) is 13.7. The average Bonchev–Trinajstić information content (AvgIpc) is 3.34. The lowest BCUT2D eigenvalue weighted by molar-refractivity contribution is -0.123. The smallest absolute Gasteiger partial charge is 0.262 e. The molecule has 4 N–H and O–H groups in total. The lowest BCUT2D eigenvalue weighted by Gasteiger charge is -2.24. The second-order valence-electron chi connectivity index (χ2n) is 9.32. The van der Waals surface area contributed by atoms with Crippen LogP contribution in [0, 0.1) is 5.82 Å². The summed E-state index contributed by atoms with van der Waals surface area (Å²) in [5.41, 5.74) is 13.0. The predicted molar refractivity (Wildman–Crippen MR) is 148 cm³/mol. The minimum atomic E-state index is -0.510. The summed E-state index contributed by atoms with van der Waals surface area (Å²) in [6.07, 6.45) is 8.45. The van der Waals surface area contributed by atoms with E-state index in [-0.39, 0.29) is 17.4 Å². The van der Waals surface area contributed by atoms with Crippen molar-refractivity contribution in [1.29, 1.82) is 0 Å². The third-order valence-electron chi connectivity index (χ3n) is 6.60. The van der Waals surface area contributed by atoms with Gasteiger partial charge in [0.25, 0.3) is 11.8 Å². The molecule has 2 aromatic heterocycles. The number of benzene rings is 2. The monoisotopic (exact) mass is 541 g/mol. The van der Waals surface area contributed by atoms with E-state index in [1.54, 1.807) is 41.9 Å². The number of carbonyl (C=O) groups excluding carboxylic acids is 2. The van der Waals surface area contributed by atoms with Crippen LogP contribution in [0.4, 0.5) is 10.2 Å². The van der Waals surface area contributed by atoms with Crippen LogP contribution in [0.2, 0.25) is 0 Å². The van der Waals surface area contributed by atoms with E-state index in [2.05, 4.69) is 20.8 Å². The fraction of sp³-hybridized carbons (Fsp3) is 0.207. The van der Waals surface area contributed by atoms with Crippen LogP contribution >= 0.6 is 0 Å². The van der Waals surface area contributed by atoms with Gasteiger partial charge in [-0.05, 0) is 56.9 Å². The van der Waals surface area contributed by atoms with E-state index < -0.39 is 17.6 Å². The number of hydrogen-bond acceptors (Lipinski definition) is 7. The van der Waals surface area contributed by atoms with Crippen molar-refractivity contribution in [1.82, 2.24) is 30.6 Å². The SMILES string of the molecule is C/C=C/C(=O)NNC(=O)C=C1CCC(n2nc(-c3ccc(Oc4ccccc4)cc3F)c3c(N)ncnc32)CC1. The topological polar surface area (TPSA) is 137 Å². The third kappa shape index (κ3) is 5.83. The van der Waals surface area contributed by atoms with Gasteiger partial charge in [0.05, 0.1) is 11.4 Å². The first-order valence-corrected chi connectivity index (χ1v) is 12.9. The molecule has 1 aliphatic carbocycles. The minimum Gasteiger partial charge on any atom is -0.457 e. The van der Waals surface area contributed by atoms with Crippen LogP contribution in [-0.4, -0.2) is 31.6 Å². The summed E-state index contributed by atoms with van der Waals surface area (Å²) in [7, 11) is 0. The van der Waals surface area contributed by atoms with E-state index >= 15 is 4.39 Å². The standard InChI is InChI=1S/C29H28FN7O3/c1-2-6-24(38)34-35-25(39)15-18-9-11-19(12-10-18)37-29-26(28(31)32-17-33-29)27(36-37)22-14-13-21(16-23(22)30)40-20-7-4-3-5-8-20/h2-8,13-17,19H,9-12H2,1H3,(H,34,38)(H,35,39)(H2,31,32,33)/b6-2+,18-15?. The number of nitrogens with zero attached hydrogens (tertiary/aromatic N) is 4. The summed E-state index contributed by atoms with van der Waals surface area (Å²) in [6.45, 7) is 1.71. The Bertz CT molecular complexity index is 1600. The number of ether oxygens (including phenoxy) is 1. The maximum atomic E-state index is 15.4. The van der Waals surface area contributed by atoms with E-state index in [0.717, 1.165) is 5.57 Å². The zero-order valence-corrected chi connectivity index (χ0v) is 21.8. The van der Waals surface area contributed by atoms with Crippen molar-refractivity contribution in [3.05, 3.63) is 84.5 Å². The molecule has 0 unspecified atom stereocenters. The highest BCUT2D eigenvalue weighted by molar-refractivity contribution is 5.98. The Morgan fingerprint density at radius 3 is 2.52 bits per heavy atom. The summed E-state index contributed by atoms with van der Waals surface area (Å²) in [4.78, 5) is 32.2. The molecule has 0 bridgehead atoms. The number of rotatable bonds is 6. The molecular weight excluding hydrogens is 513 g/mol. The first-order valence-electron chi connectivity index (χ1n) is 12.9. The highest BCUT2D eigenvalue weighted by Crippen LogP contribution is 2.38. The molecule has 40 heavy (non-hydrogen) atoms. The molecule has 0 spiro atoms. The predicted octanol–water partition coefficient (Wildman–Crippen LogP) is 4.77. The van der Waals surface area contributed by atoms with Crippen LogP contribution in [0.15, 0.2) is 78.7 Å². The second-order valence-corrected chi connectivity index (χ2v) is 9.32. The Morgan fingerprint density at radius 2 is 1.80 bits per heavy atom. The lowest BCUT2D eigenvalue weighted by Crippen LogP contribution is -2.40. The van der Waals surface area contributed by atoms with Gasteiger partial charge in [-0.1, -0.05) is 29.8 Å². The van der Waals surface area contributed by atoms with E-state index in [1.165, 1.54) is 24.5 Å². The summed E-state index contributed by atoms with van der Waals surface area (Å²) in [5.74, 6) is -0.141. The van der Waals surface area contributed by atoms with Crippen LogP contribution in [-0.2, 0) is 9.59 Å². The molecule has 1 saturated carbocycles. The normalized spacial score (nSPS) is 15.2. The fourth-order valence-corrected chi connectivity index (χ4v) is 4.71. The number of amides is 2. The van der Waals surface area contributed by atoms with Crippen molar-refractivity contribution in [2.24, 2.45) is 0 Å². The molecule has 204 valence electrons. The zero-order valence-electron chi connectivity index (χ0n) is 21.8. The van der Waals surface area contributed by atoms with Gasteiger partial charge in [-0.3, -0.25) is 20.4 Å². The van der Waals surface area contributed by atoms with Gasteiger partial charge in [-0.2, -0.15) is 5.10 Å². The maximum absolute atomic E-state index is 15.4. The third-order valence-corrected chi connectivity index (χ3v) is 6.60. The summed E-state index contributed by atoms with van der Waals surface area (Å²) in [5, 5.41) is 5.25. The molecule has 11 heteroatoms. The van der Waals surface area contributed by atoms with Crippen molar-refractivity contribution >= 4 is 28.7 Å². The van der Waals surface area contributed by atoms with Gasteiger partial charge in [0.2, 0.25) is 0 Å². The van der Waals surface area contributed by atoms with Crippen LogP contribution < -0.4 is 21.3 Å². The van der Waals surface area contributed by atoms with Crippen LogP contribution in [0.1, 0.15) is 38.6 Å². The molecule has 4 aromatic rings. The van der Waals surface area contributed by atoms with Crippen LogP contribution in [0.3, 0.4) is 0 Å². The van der Waals surface area contributed by atoms with Gasteiger partial charge in [-0.15, -0.1) is 0 Å². The summed E-state index contributed by atoms with van der Waals surface area (Å²) >= 11 is 0. The van der Waals surface area contributed by atoms with Crippen molar-refractivity contribution in [3.63, 3.8) is 0 Å². The van der Waals surface area contributed by atoms with Gasteiger partial charge in [0, 0.05) is 23.8 Å². The Hall–Kier alpha value is -5.06. The average molecular weight is 542 g/mol. The number of halogens is 1. The fourth-order valence-electron chi connectivity index (χ4n) is 4.71. The van der Waals surface area contributed by atoms with Crippen LogP contribution in [0.25, 0.3) is 22.3 Å². The Labute approximate surface area is 229 Å². The first-order chi connectivity index (χ1) is 19.4. The van der Waals surface area contributed by atoms with Gasteiger partial charge in [0.15, 0.2) is 5.65 Å². The first kappa shape index (κ1) is 26.5. The van der Waals surface area contributed by atoms with Gasteiger partial charge in [-0.25, -0.2) is 19.0 Å². The number of para-hydroxylation sites is 1. The van der Waals surface area contributed by atoms with E-state index in [4.69, 9.17) is 15.6 Å². The Morgan fingerprint density at radius 1 is 1.05 bits per heavy atom. The quantitative estimate of drug-likeness (QED) is 0.236. The van der Waals surface area contributed by atoms with E-state index in [1.807, 2.05) is 18.2 Å². The molecule has 5 rings (SSSR count). The number of carbonyl (C=O) groups is 2. The largest absolute Gasteiger partial charge is 0.457 e. The molecule has 2 aromatic carbocycles. The van der Waals surface area contributed by atoms with E-state index in [9.17, 15) is 9.59 Å². The number of allylic oxidation sites excluding steroid dienone is 2. The Kier molecular flexibility index (Phi) is 7.81. The number of hydrazine groups is 1. The molecular formula is C29H28FN7O3. The zero-order chi connectivity index (χ0) is 28.1. The Balaban J connectivity index is 1.36. The number of fused-ring (bicyclic) bond motifs is 1. The number of nitrogens with one attached hydrogen (secondary N) is 2. The second kappa shape index (κ2) is 11.8.